The van der Waals surface area contributed by atoms with Crippen molar-refractivity contribution in [2.75, 3.05) is 6.54 Å². The van der Waals surface area contributed by atoms with Crippen molar-refractivity contribution in [2.24, 2.45) is 0 Å². The van der Waals surface area contributed by atoms with Crippen molar-refractivity contribution >= 4 is 27.5 Å². The van der Waals surface area contributed by atoms with Crippen LogP contribution in [-0.2, 0) is 0 Å². The van der Waals surface area contributed by atoms with Crippen LogP contribution in [0.15, 0.2) is 39.8 Å². The third-order valence-corrected chi connectivity index (χ3v) is 3.14. The molecule has 0 heterocycles. The molecular formula is C12H15BrClN. The summed E-state index contributed by atoms with van der Waals surface area (Å²) in [5.74, 6) is 0. The first-order valence-corrected chi connectivity index (χ1v) is 6.11. The van der Waals surface area contributed by atoms with Crippen molar-refractivity contribution in [1.29, 1.82) is 0 Å². The van der Waals surface area contributed by atoms with Gasteiger partial charge in [0.25, 0.3) is 0 Å². The minimum Gasteiger partial charge on any atom is -0.306 e. The fourth-order valence-corrected chi connectivity index (χ4v) is 1.56. The summed E-state index contributed by atoms with van der Waals surface area (Å²) in [5, 5.41) is 3.40. The third kappa shape index (κ3) is 4.37. The predicted octanol–water partition coefficient (Wildman–Crippen LogP) is 4.24. The van der Waals surface area contributed by atoms with Crippen molar-refractivity contribution in [2.45, 2.75) is 19.9 Å². The van der Waals surface area contributed by atoms with Gasteiger partial charge in [-0.2, -0.15) is 0 Å². The van der Waals surface area contributed by atoms with Gasteiger partial charge >= 0.3 is 0 Å². The van der Waals surface area contributed by atoms with E-state index >= 15 is 0 Å². The van der Waals surface area contributed by atoms with Crippen LogP contribution in [0.5, 0.6) is 0 Å². The fraction of sp³-hybridized carbons (Fsp3) is 0.333. The molecule has 15 heavy (non-hydrogen) atoms. The molecule has 1 nitrogen and oxygen atoms in total. The zero-order chi connectivity index (χ0) is 11.3. The maximum atomic E-state index is 5.59. The minimum absolute atomic E-state index is 0.338. The highest BCUT2D eigenvalue weighted by Gasteiger charge is 2.03. The third-order valence-electron chi connectivity index (χ3n) is 2.24. The van der Waals surface area contributed by atoms with E-state index in [-0.39, 0.29) is 0 Å². The van der Waals surface area contributed by atoms with Gasteiger partial charge in [-0.15, -0.1) is 0 Å². The second-order valence-electron chi connectivity index (χ2n) is 3.61. The summed E-state index contributed by atoms with van der Waals surface area (Å²) in [4.78, 5) is 0. The van der Waals surface area contributed by atoms with Crippen molar-refractivity contribution in [3.8, 4) is 0 Å². The van der Waals surface area contributed by atoms with Gasteiger partial charge in [0.1, 0.15) is 0 Å². The molecule has 0 aliphatic heterocycles. The van der Waals surface area contributed by atoms with E-state index in [1.807, 2.05) is 6.92 Å². The van der Waals surface area contributed by atoms with Crippen LogP contribution in [0.25, 0.3) is 0 Å². The predicted molar refractivity (Wildman–Crippen MR) is 70.2 cm³/mol. The fourth-order valence-electron chi connectivity index (χ4n) is 1.22. The molecule has 0 saturated carbocycles. The molecule has 0 aliphatic carbocycles. The van der Waals surface area contributed by atoms with Crippen LogP contribution >= 0.6 is 27.5 Å². The SMILES string of the molecule is C/C(=C\Cl)CN[C@@H](C)c1ccc(Br)cc1. The number of hydrogen-bond acceptors (Lipinski definition) is 1. The first kappa shape index (κ1) is 12.8. The van der Waals surface area contributed by atoms with E-state index in [9.17, 15) is 0 Å². The van der Waals surface area contributed by atoms with Gasteiger partial charge in [-0.1, -0.05) is 39.7 Å². The summed E-state index contributed by atoms with van der Waals surface area (Å²) in [6, 6.07) is 8.67. The van der Waals surface area contributed by atoms with Gasteiger partial charge in [0.05, 0.1) is 0 Å². The number of hydrogen-bond donors (Lipinski definition) is 1. The maximum Gasteiger partial charge on any atom is 0.0294 e. The van der Waals surface area contributed by atoms with E-state index < -0.39 is 0 Å². The van der Waals surface area contributed by atoms with Crippen molar-refractivity contribution in [3.63, 3.8) is 0 Å². The van der Waals surface area contributed by atoms with Crippen LogP contribution in [0.4, 0.5) is 0 Å². The molecule has 1 N–H and O–H groups in total. The van der Waals surface area contributed by atoms with Crippen LogP contribution < -0.4 is 5.32 Å². The smallest absolute Gasteiger partial charge is 0.0294 e. The minimum atomic E-state index is 0.338. The zero-order valence-corrected chi connectivity index (χ0v) is 11.3. The summed E-state index contributed by atoms with van der Waals surface area (Å²) < 4.78 is 1.11. The van der Waals surface area contributed by atoms with Crippen molar-refractivity contribution in [1.82, 2.24) is 5.32 Å². The van der Waals surface area contributed by atoms with Gasteiger partial charge in [0, 0.05) is 22.6 Å². The molecule has 0 saturated heterocycles. The molecule has 0 aliphatic rings. The van der Waals surface area contributed by atoms with E-state index in [1.165, 1.54) is 5.56 Å². The highest BCUT2D eigenvalue weighted by molar-refractivity contribution is 9.10. The summed E-state index contributed by atoms with van der Waals surface area (Å²) in [6.45, 7) is 4.97. The second kappa shape index (κ2) is 6.31. The topological polar surface area (TPSA) is 12.0 Å². The van der Waals surface area contributed by atoms with Crippen LogP contribution in [0.3, 0.4) is 0 Å². The number of nitrogens with one attached hydrogen (secondary N) is 1. The molecule has 1 rings (SSSR count). The molecule has 0 aromatic heterocycles. The molecule has 0 fully saturated rings. The monoisotopic (exact) mass is 287 g/mol. The lowest BCUT2D eigenvalue weighted by molar-refractivity contribution is 0.607. The Balaban J connectivity index is 2.53. The lowest BCUT2D eigenvalue weighted by Gasteiger charge is -2.14. The van der Waals surface area contributed by atoms with Crippen LogP contribution in [0.1, 0.15) is 25.5 Å². The van der Waals surface area contributed by atoms with Gasteiger partial charge in [0.2, 0.25) is 0 Å². The molecule has 3 heteroatoms. The Morgan fingerprint density at radius 2 is 2.07 bits per heavy atom. The Hall–Kier alpha value is -0.310. The summed E-state index contributed by atoms with van der Waals surface area (Å²) in [6.07, 6.45) is 0. The molecule has 0 amide bonds. The number of benzene rings is 1. The Kier molecular flexibility index (Phi) is 5.37. The first-order chi connectivity index (χ1) is 7.13. The van der Waals surface area contributed by atoms with Crippen molar-refractivity contribution < 1.29 is 0 Å². The van der Waals surface area contributed by atoms with Crippen LogP contribution in [-0.4, -0.2) is 6.54 Å². The second-order valence-corrected chi connectivity index (χ2v) is 4.74. The lowest BCUT2D eigenvalue weighted by Crippen LogP contribution is -2.20. The average Bonchev–Trinajstić information content (AvgIpc) is 2.26. The molecule has 1 aromatic rings. The molecule has 0 bridgehead atoms. The zero-order valence-electron chi connectivity index (χ0n) is 8.93. The van der Waals surface area contributed by atoms with Gasteiger partial charge in [-0.05, 0) is 37.1 Å². The molecule has 0 unspecified atom stereocenters. The van der Waals surface area contributed by atoms with Crippen LogP contribution in [0, 0.1) is 0 Å². The Morgan fingerprint density at radius 3 is 2.60 bits per heavy atom. The van der Waals surface area contributed by atoms with E-state index in [0.717, 1.165) is 16.6 Å². The lowest BCUT2D eigenvalue weighted by atomic mass is 10.1. The number of rotatable bonds is 4. The Labute approximate surface area is 105 Å². The summed E-state index contributed by atoms with van der Waals surface area (Å²) in [5.41, 5.74) is 4.03. The molecule has 0 radical (unpaired) electrons. The molecule has 1 atom stereocenters. The highest BCUT2D eigenvalue weighted by Crippen LogP contribution is 2.16. The van der Waals surface area contributed by atoms with E-state index in [4.69, 9.17) is 11.6 Å². The molecule has 0 spiro atoms. The maximum absolute atomic E-state index is 5.59. The van der Waals surface area contributed by atoms with E-state index in [1.54, 1.807) is 5.54 Å². The Morgan fingerprint density at radius 1 is 1.47 bits per heavy atom. The normalized spacial score (nSPS) is 14.0. The summed E-state index contributed by atoms with van der Waals surface area (Å²) >= 11 is 9.02. The average molecular weight is 289 g/mol. The quantitative estimate of drug-likeness (QED) is 0.874. The molecular weight excluding hydrogens is 273 g/mol. The van der Waals surface area contributed by atoms with Gasteiger partial charge in [-0.3, -0.25) is 0 Å². The molecule has 82 valence electrons. The summed E-state index contributed by atoms with van der Waals surface area (Å²) in [7, 11) is 0. The Bertz CT molecular complexity index is 332. The first-order valence-electron chi connectivity index (χ1n) is 4.88. The molecule has 1 aromatic carbocycles. The van der Waals surface area contributed by atoms with Gasteiger partial charge < -0.3 is 5.32 Å². The largest absolute Gasteiger partial charge is 0.306 e. The van der Waals surface area contributed by atoms with E-state index in [2.05, 4.69) is 52.4 Å². The highest BCUT2D eigenvalue weighted by atomic mass is 79.9. The van der Waals surface area contributed by atoms with Gasteiger partial charge in [-0.25, -0.2) is 0 Å². The standard InChI is InChI=1S/C12H15BrClN/c1-9(7-14)8-15-10(2)11-3-5-12(13)6-4-11/h3-7,10,15H,8H2,1-2H3/b9-7+/t10-/m0/s1. The van der Waals surface area contributed by atoms with Crippen LogP contribution in [0.2, 0.25) is 0 Å². The van der Waals surface area contributed by atoms with Crippen molar-refractivity contribution in [3.05, 3.63) is 45.4 Å². The number of halogens is 2. The van der Waals surface area contributed by atoms with Gasteiger partial charge in [0.15, 0.2) is 0 Å². The van der Waals surface area contributed by atoms with E-state index in [0.29, 0.717) is 6.04 Å².